The first kappa shape index (κ1) is 20.3. The summed E-state index contributed by atoms with van der Waals surface area (Å²) in [6.07, 6.45) is 11.1. The fourth-order valence-corrected chi connectivity index (χ4v) is 4.28. The van der Waals surface area contributed by atoms with E-state index in [2.05, 4.69) is 47.7 Å². The lowest BCUT2D eigenvalue weighted by molar-refractivity contribution is 0.589. The van der Waals surface area contributed by atoms with Gasteiger partial charge in [-0.25, -0.2) is 14.5 Å². The van der Waals surface area contributed by atoms with Crippen LogP contribution in [-0.4, -0.2) is 60.5 Å². The van der Waals surface area contributed by atoms with Crippen molar-refractivity contribution in [3.63, 3.8) is 0 Å². The van der Waals surface area contributed by atoms with Gasteiger partial charge in [0.2, 0.25) is 5.95 Å². The van der Waals surface area contributed by atoms with Crippen LogP contribution in [0.25, 0.3) is 27.9 Å². The molecule has 6 heterocycles. The standard InChI is InChI=1S/C24H24N10/c1-32-16-18(13-29-32)21-12-20-15-28-24(31-34(20)23(21)17-4-6-25-7-5-17)30-22-3-2-19(14-27-22)33-10-8-26-9-11-33/h2-7,12-16,26H,8-11H2,1H3,(H,27,30,31). The molecule has 0 bridgehead atoms. The van der Waals surface area contributed by atoms with Gasteiger partial charge in [0.25, 0.3) is 0 Å². The quantitative estimate of drug-likeness (QED) is 0.420. The maximum atomic E-state index is 4.80. The Morgan fingerprint density at radius 3 is 2.53 bits per heavy atom. The van der Waals surface area contributed by atoms with Crippen molar-refractivity contribution in [2.24, 2.45) is 7.05 Å². The van der Waals surface area contributed by atoms with Crippen LogP contribution in [0.3, 0.4) is 0 Å². The first-order valence-electron chi connectivity index (χ1n) is 11.2. The molecule has 10 heteroatoms. The highest BCUT2D eigenvalue weighted by molar-refractivity contribution is 5.86. The summed E-state index contributed by atoms with van der Waals surface area (Å²) in [6.45, 7) is 3.95. The molecule has 0 amide bonds. The van der Waals surface area contributed by atoms with Crippen molar-refractivity contribution in [3.8, 4) is 22.4 Å². The molecule has 10 nitrogen and oxygen atoms in total. The first-order chi connectivity index (χ1) is 16.7. The van der Waals surface area contributed by atoms with Gasteiger partial charge in [-0.1, -0.05) is 0 Å². The molecule has 34 heavy (non-hydrogen) atoms. The first-order valence-corrected chi connectivity index (χ1v) is 11.2. The number of aromatic nitrogens is 7. The Hall–Kier alpha value is -4.31. The smallest absolute Gasteiger partial charge is 0.246 e. The number of nitrogens with one attached hydrogen (secondary N) is 2. The second-order valence-corrected chi connectivity index (χ2v) is 8.23. The van der Waals surface area contributed by atoms with E-state index in [1.807, 2.05) is 54.5 Å². The SMILES string of the molecule is Cn1cc(-c2cc3cnc(Nc4ccc(N5CCNCC5)cn4)nn3c2-c2ccncc2)cn1. The number of hydrogen-bond acceptors (Lipinski definition) is 8. The molecule has 0 atom stereocenters. The zero-order valence-corrected chi connectivity index (χ0v) is 18.8. The molecule has 1 fully saturated rings. The molecule has 0 spiro atoms. The molecule has 0 aliphatic carbocycles. The lowest BCUT2D eigenvalue weighted by Crippen LogP contribution is -2.43. The molecular weight excluding hydrogens is 428 g/mol. The Labute approximate surface area is 196 Å². The molecule has 2 N–H and O–H groups in total. The number of pyridine rings is 2. The highest BCUT2D eigenvalue weighted by Crippen LogP contribution is 2.34. The van der Waals surface area contributed by atoms with E-state index in [-0.39, 0.29) is 0 Å². The molecule has 5 aromatic heterocycles. The number of piperazine rings is 1. The molecule has 1 aliphatic heterocycles. The predicted molar refractivity (Wildman–Crippen MR) is 131 cm³/mol. The van der Waals surface area contributed by atoms with Crippen molar-refractivity contribution in [1.82, 2.24) is 39.7 Å². The number of aryl methyl sites for hydroxylation is 1. The van der Waals surface area contributed by atoms with E-state index < -0.39 is 0 Å². The van der Waals surface area contributed by atoms with E-state index >= 15 is 0 Å². The predicted octanol–water partition coefficient (Wildman–Crippen LogP) is 2.74. The third-order valence-electron chi connectivity index (χ3n) is 5.96. The second-order valence-electron chi connectivity index (χ2n) is 8.23. The summed E-state index contributed by atoms with van der Waals surface area (Å²) >= 11 is 0. The lowest BCUT2D eigenvalue weighted by Gasteiger charge is -2.29. The minimum absolute atomic E-state index is 0.471. The number of hydrogen-bond donors (Lipinski definition) is 2. The van der Waals surface area contributed by atoms with Crippen LogP contribution in [-0.2, 0) is 7.05 Å². The van der Waals surface area contributed by atoms with Crippen molar-refractivity contribution in [3.05, 3.63) is 67.5 Å². The lowest BCUT2D eigenvalue weighted by atomic mass is 10.1. The summed E-state index contributed by atoms with van der Waals surface area (Å²) in [5.41, 5.74) is 6.02. The van der Waals surface area contributed by atoms with E-state index in [1.165, 1.54) is 0 Å². The summed E-state index contributed by atoms with van der Waals surface area (Å²) in [6, 6.07) is 10.1. The van der Waals surface area contributed by atoms with Crippen LogP contribution < -0.4 is 15.5 Å². The Balaban J connectivity index is 1.36. The summed E-state index contributed by atoms with van der Waals surface area (Å²) in [7, 11) is 1.91. The van der Waals surface area contributed by atoms with E-state index in [9.17, 15) is 0 Å². The molecule has 1 aliphatic rings. The van der Waals surface area contributed by atoms with Crippen LogP contribution in [0.5, 0.6) is 0 Å². The maximum absolute atomic E-state index is 4.80. The largest absolute Gasteiger partial charge is 0.368 e. The monoisotopic (exact) mass is 452 g/mol. The highest BCUT2D eigenvalue weighted by atomic mass is 15.3. The van der Waals surface area contributed by atoms with E-state index in [0.29, 0.717) is 11.8 Å². The van der Waals surface area contributed by atoms with Gasteiger partial charge in [0.15, 0.2) is 0 Å². The zero-order chi connectivity index (χ0) is 22.9. The second kappa shape index (κ2) is 8.56. The summed E-state index contributed by atoms with van der Waals surface area (Å²) in [4.78, 5) is 15.6. The summed E-state index contributed by atoms with van der Waals surface area (Å²) in [5.74, 6) is 1.17. The van der Waals surface area contributed by atoms with Gasteiger partial charge in [-0.2, -0.15) is 5.10 Å². The van der Waals surface area contributed by atoms with Crippen molar-refractivity contribution in [2.75, 3.05) is 36.4 Å². The molecule has 0 radical (unpaired) electrons. The van der Waals surface area contributed by atoms with Gasteiger partial charge in [0.1, 0.15) is 5.82 Å². The normalized spacial score (nSPS) is 14.0. The van der Waals surface area contributed by atoms with Gasteiger partial charge in [-0.3, -0.25) is 9.67 Å². The molecule has 170 valence electrons. The molecule has 6 rings (SSSR count). The van der Waals surface area contributed by atoms with Crippen molar-refractivity contribution in [2.45, 2.75) is 0 Å². The van der Waals surface area contributed by atoms with Crippen LogP contribution in [0.15, 0.2) is 67.5 Å². The fourth-order valence-electron chi connectivity index (χ4n) is 4.28. The molecule has 0 saturated carbocycles. The van der Waals surface area contributed by atoms with Crippen LogP contribution in [0.1, 0.15) is 0 Å². The minimum Gasteiger partial charge on any atom is -0.368 e. The van der Waals surface area contributed by atoms with Crippen LogP contribution in [0.2, 0.25) is 0 Å². The van der Waals surface area contributed by atoms with Crippen LogP contribution in [0, 0.1) is 0 Å². The number of nitrogens with zero attached hydrogens (tertiary/aromatic N) is 8. The Morgan fingerprint density at radius 2 is 1.79 bits per heavy atom. The van der Waals surface area contributed by atoms with E-state index in [0.717, 1.165) is 59.8 Å². The Kier molecular flexibility index (Phi) is 5.11. The summed E-state index contributed by atoms with van der Waals surface area (Å²) in [5, 5.41) is 15.8. The third kappa shape index (κ3) is 3.84. The zero-order valence-electron chi connectivity index (χ0n) is 18.8. The van der Waals surface area contributed by atoms with Gasteiger partial charge in [0, 0.05) is 68.5 Å². The number of rotatable bonds is 5. The highest BCUT2D eigenvalue weighted by Gasteiger charge is 2.17. The van der Waals surface area contributed by atoms with Gasteiger partial charge in [0.05, 0.1) is 35.5 Å². The average Bonchev–Trinajstić information content (AvgIpc) is 3.49. The molecular formula is C24H24N10. The van der Waals surface area contributed by atoms with Gasteiger partial charge >= 0.3 is 0 Å². The van der Waals surface area contributed by atoms with Crippen molar-refractivity contribution >= 4 is 23.0 Å². The number of anilines is 3. The molecule has 0 aromatic carbocycles. The minimum atomic E-state index is 0.471. The van der Waals surface area contributed by atoms with E-state index in [1.54, 1.807) is 17.1 Å². The van der Waals surface area contributed by atoms with E-state index in [4.69, 9.17) is 5.10 Å². The van der Waals surface area contributed by atoms with Crippen LogP contribution in [0.4, 0.5) is 17.5 Å². The fraction of sp³-hybridized carbons (Fsp3) is 0.208. The van der Waals surface area contributed by atoms with Crippen molar-refractivity contribution < 1.29 is 0 Å². The summed E-state index contributed by atoms with van der Waals surface area (Å²) < 4.78 is 3.70. The molecule has 0 unspecified atom stereocenters. The van der Waals surface area contributed by atoms with Crippen LogP contribution >= 0.6 is 0 Å². The van der Waals surface area contributed by atoms with Gasteiger partial charge in [-0.15, -0.1) is 5.10 Å². The molecule has 5 aromatic rings. The van der Waals surface area contributed by atoms with Crippen molar-refractivity contribution in [1.29, 1.82) is 0 Å². The Bertz CT molecular complexity index is 1420. The maximum Gasteiger partial charge on any atom is 0.246 e. The van der Waals surface area contributed by atoms with Gasteiger partial charge in [-0.05, 0) is 30.3 Å². The average molecular weight is 453 g/mol. The number of fused-ring (bicyclic) bond motifs is 1. The third-order valence-corrected chi connectivity index (χ3v) is 5.96. The van der Waals surface area contributed by atoms with Gasteiger partial charge < -0.3 is 15.5 Å². The molecule has 1 saturated heterocycles. The topological polar surface area (TPSA) is 101 Å². The Morgan fingerprint density at radius 1 is 0.941 bits per heavy atom.